The molecule has 2 heteroatoms. The Morgan fingerprint density at radius 1 is 0.600 bits per heavy atom. The van der Waals surface area contributed by atoms with E-state index < -0.39 is 0 Å². The highest BCUT2D eigenvalue weighted by Crippen LogP contribution is 2.52. The molecule has 2 nitrogen and oxygen atoms in total. The van der Waals surface area contributed by atoms with Gasteiger partial charge in [0.05, 0.1) is 7.11 Å². The summed E-state index contributed by atoms with van der Waals surface area (Å²) in [4.78, 5) is 0. The minimum Gasteiger partial charge on any atom is -0.497 e. The highest BCUT2D eigenvalue weighted by atomic mass is 16.5. The molecular weight excluding hydrogens is 426 g/mol. The molecule has 1 aromatic heterocycles. The molecule has 1 heterocycles. The van der Waals surface area contributed by atoms with Crippen LogP contribution in [0.1, 0.15) is 28.7 Å². The van der Waals surface area contributed by atoms with Crippen LogP contribution in [0.4, 0.5) is 0 Å². The first-order chi connectivity index (χ1) is 17.2. The molecule has 0 bridgehead atoms. The lowest BCUT2D eigenvalue weighted by molar-refractivity contribution is 0.415. The average Bonchev–Trinajstić information content (AvgIpc) is 3.48. The molecule has 35 heavy (non-hydrogen) atoms. The number of para-hydroxylation sites is 1. The third-order valence-electron chi connectivity index (χ3n) is 7.00. The molecule has 0 N–H and O–H groups in total. The molecule has 0 atom stereocenters. The summed E-state index contributed by atoms with van der Waals surface area (Å²) in [6, 6.07) is 38.8. The summed E-state index contributed by atoms with van der Waals surface area (Å²) >= 11 is 0. The summed E-state index contributed by atoms with van der Waals surface area (Å²) in [6.45, 7) is 0. The largest absolute Gasteiger partial charge is 0.497 e. The number of allylic oxidation sites excluding steroid dienone is 4. The molecule has 0 radical (unpaired) electrons. The van der Waals surface area contributed by atoms with Crippen LogP contribution in [0.5, 0.6) is 5.75 Å². The van der Waals surface area contributed by atoms with E-state index in [1.54, 1.807) is 7.11 Å². The van der Waals surface area contributed by atoms with Gasteiger partial charge in [-0.1, -0.05) is 91.0 Å². The Bertz CT molecular complexity index is 1570. The van der Waals surface area contributed by atoms with Crippen LogP contribution >= 0.6 is 0 Å². The average molecular weight is 454 g/mol. The Labute approximate surface area is 206 Å². The topological polar surface area (TPSA) is 14.2 Å². The van der Waals surface area contributed by atoms with E-state index in [9.17, 15) is 0 Å². The lowest BCUT2D eigenvalue weighted by atomic mass is 9.89. The van der Waals surface area contributed by atoms with Crippen LogP contribution < -0.4 is 4.74 Å². The zero-order valence-electron chi connectivity index (χ0n) is 20.0. The van der Waals surface area contributed by atoms with Gasteiger partial charge in [-0.05, 0) is 63.6 Å². The van der Waals surface area contributed by atoms with E-state index in [1.165, 1.54) is 55.4 Å². The number of rotatable bonds is 5. The number of aryl methyl sites for hydroxylation is 1. The molecule has 1 aliphatic carbocycles. The predicted octanol–water partition coefficient (Wildman–Crippen LogP) is 8.11. The molecule has 4 aromatic carbocycles. The number of benzene rings is 4. The lowest BCUT2D eigenvalue weighted by Gasteiger charge is -2.14. The van der Waals surface area contributed by atoms with E-state index in [0.717, 1.165) is 12.2 Å². The standard InChI is InChI=1S/C33H27NO/c1-34-22-30(27-15-9-10-16-31(27)34)33-29(24-13-7-4-8-14-24)21-28(23-11-5-3-6-12-23)32(33)25-17-19-26(35-2)20-18-25/h3-20,22H,21H2,1-2H3. The van der Waals surface area contributed by atoms with Crippen molar-refractivity contribution in [3.8, 4) is 5.75 Å². The third kappa shape index (κ3) is 3.68. The van der Waals surface area contributed by atoms with Gasteiger partial charge in [-0.25, -0.2) is 0 Å². The van der Waals surface area contributed by atoms with Crippen LogP contribution in [0, 0.1) is 0 Å². The van der Waals surface area contributed by atoms with Gasteiger partial charge in [-0.2, -0.15) is 0 Å². The third-order valence-corrected chi connectivity index (χ3v) is 7.00. The summed E-state index contributed by atoms with van der Waals surface area (Å²) < 4.78 is 7.72. The number of nitrogens with zero attached hydrogens (tertiary/aromatic N) is 1. The second-order valence-electron chi connectivity index (χ2n) is 9.02. The smallest absolute Gasteiger partial charge is 0.118 e. The zero-order chi connectivity index (χ0) is 23.8. The van der Waals surface area contributed by atoms with E-state index >= 15 is 0 Å². The van der Waals surface area contributed by atoms with Gasteiger partial charge in [0.25, 0.3) is 0 Å². The van der Waals surface area contributed by atoms with E-state index in [0.29, 0.717) is 0 Å². The first-order valence-electron chi connectivity index (χ1n) is 12.0. The number of hydrogen-bond acceptors (Lipinski definition) is 1. The number of aromatic nitrogens is 1. The van der Waals surface area contributed by atoms with Gasteiger partial charge >= 0.3 is 0 Å². The van der Waals surface area contributed by atoms with Gasteiger partial charge in [0.15, 0.2) is 0 Å². The van der Waals surface area contributed by atoms with Gasteiger partial charge in [0.1, 0.15) is 5.75 Å². The number of ether oxygens (including phenoxy) is 1. The van der Waals surface area contributed by atoms with Crippen molar-refractivity contribution in [3.05, 3.63) is 138 Å². The Kier molecular flexibility index (Phi) is 5.35. The molecule has 0 saturated heterocycles. The SMILES string of the molecule is COc1ccc(C2=C(c3ccccc3)CC(c3ccccc3)=C2c2cn(C)c3ccccc23)cc1. The van der Waals surface area contributed by atoms with Crippen molar-refractivity contribution in [2.75, 3.05) is 7.11 Å². The summed E-state index contributed by atoms with van der Waals surface area (Å²) in [7, 11) is 3.85. The number of hydrogen-bond donors (Lipinski definition) is 0. The molecule has 6 rings (SSSR count). The molecule has 0 fully saturated rings. The monoisotopic (exact) mass is 453 g/mol. The summed E-state index contributed by atoms with van der Waals surface area (Å²) in [5.41, 5.74) is 11.6. The van der Waals surface area contributed by atoms with Crippen molar-refractivity contribution >= 4 is 33.2 Å². The minimum absolute atomic E-state index is 0.868. The summed E-state index contributed by atoms with van der Waals surface area (Å²) in [5, 5.41) is 1.28. The zero-order valence-corrected chi connectivity index (χ0v) is 20.0. The maximum atomic E-state index is 5.47. The molecule has 5 aromatic rings. The van der Waals surface area contributed by atoms with Crippen molar-refractivity contribution in [1.82, 2.24) is 4.57 Å². The Balaban J connectivity index is 1.69. The van der Waals surface area contributed by atoms with Crippen LogP contribution in [0.15, 0.2) is 115 Å². The fourth-order valence-corrected chi connectivity index (χ4v) is 5.34. The van der Waals surface area contributed by atoms with E-state index in [4.69, 9.17) is 4.74 Å². The molecule has 0 aliphatic heterocycles. The molecular formula is C33H27NO. The number of fused-ring (bicyclic) bond motifs is 1. The van der Waals surface area contributed by atoms with Crippen molar-refractivity contribution in [1.29, 1.82) is 0 Å². The Morgan fingerprint density at radius 3 is 1.80 bits per heavy atom. The van der Waals surface area contributed by atoms with E-state index in [1.807, 2.05) is 0 Å². The first-order valence-corrected chi connectivity index (χ1v) is 12.0. The predicted molar refractivity (Wildman–Crippen MR) is 147 cm³/mol. The second-order valence-corrected chi connectivity index (χ2v) is 9.02. The molecule has 1 aliphatic rings. The fourth-order valence-electron chi connectivity index (χ4n) is 5.34. The fraction of sp³-hybridized carbons (Fsp3) is 0.0909. The Morgan fingerprint density at radius 2 is 1.17 bits per heavy atom. The molecule has 0 amide bonds. The van der Waals surface area contributed by atoms with Crippen molar-refractivity contribution < 1.29 is 4.74 Å². The van der Waals surface area contributed by atoms with Crippen molar-refractivity contribution in [2.24, 2.45) is 7.05 Å². The molecule has 0 unspecified atom stereocenters. The Hall–Kier alpha value is -4.30. The van der Waals surface area contributed by atoms with Crippen LogP contribution in [0.3, 0.4) is 0 Å². The van der Waals surface area contributed by atoms with Crippen LogP contribution in [-0.2, 0) is 7.05 Å². The summed E-state index contributed by atoms with van der Waals surface area (Å²) in [6.07, 6.45) is 3.17. The van der Waals surface area contributed by atoms with Crippen molar-refractivity contribution in [3.63, 3.8) is 0 Å². The van der Waals surface area contributed by atoms with Gasteiger partial charge < -0.3 is 9.30 Å². The molecule has 0 saturated carbocycles. The van der Waals surface area contributed by atoms with Crippen molar-refractivity contribution in [2.45, 2.75) is 6.42 Å². The molecule has 170 valence electrons. The van der Waals surface area contributed by atoms with Crippen LogP contribution in [0.25, 0.3) is 33.2 Å². The lowest BCUT2D eigenvalue weighted by Crippen LogP contribution is -1.93. The van der Waals surface area contributed by atoms with Crippen LogP contribution in [-0.4, -0.2) is 11.7 Å². The maximum Gasteiger partial charge on any atom is 0.118 e. The second kappa shape index (κ2) is 8.81. The highest BCUT2D eigenvalue weighted by molar-refractivity contribution is 6.29. The van der Waals surface area contributed by atoms with Gasteiger partial charge in [0.2, 0.25) is 0 Å². The summed E-state index contributed by atoms with van der Waals surface area (Å²) in [5.74, 6) is 0.868. The van der Waals surface area contributed by atoms with Crippen LogP contribution in [0.2, 0.25) is 0 Å². The number of methoxy groups -OCH3 is 1. The molecule has 0 spiro atoms. The van der Waals surface area contributed by atoms with E-state index in [2.05, 4.69) is 127 Å². The van der Waals surface area contributed by atoms with Gasteiger partial charge in [-0.15, -0.1) is 0 Å². The van der Waals surface area contributed by atoms with E-state index in [-0.39, 0.29) is 0 Å². The van der Waals surface area contributed by atoms with Gasteiger partial charge in [0, 0.05) is 29.7 Å². The highest BCUT2D eigenvalue weighted by Gasteiger charge is 2.30. The maximum absolute atomic E-state index is 5.47. The quantitative estimate of drug-likeness (QED) is 0.262. The first kappa shape index (κ1) is 21.2. The normalized spacial score (nSPS) is 13.7. The van der Waals surface area contributed by atoms with Gasteiger partial charge in [-0.3, -0.25) is 0 Å². The minimum atomic E-state index is 0.868.